The standard InChI is InChI=1S/C20H24N4O4/c1-27-15-7-3-2-6-14(15)18-22-16(28-23-18)8-9-17(25)24-13-5-11-20(24)10-4-12-21-19(20)26/h2-3,6-7H,4-5,8-13H2,1H3,(H,21,26). The molecule has 8 nitrogen and oxygen atoms in total. The number of ether oxygens (including phenoxy) is 1. The van der Waals surface area contributed by atoms with Gasteiger partial charge in [-0.05, 0) is 37.8 Å². The number of carbonyl (C=O) groups is 2. The predicted octanol–water partition coefficient (Wildman–Crippen LogP) is 1.95. The number of carbonyl (C=O) groups excluding carboxylic acids is 2. The number of aromatic nitrogens is 2. The number of methoxy groups -OCH3 is 1. The zero-order valence-electron chi connectivity index (χ0n) is 15.9. The van der Waals surface area contributed by atoms with Crippen LogP contribution in [0.4, 0.5) is 0 Å². The quantitative estimate of drug-likeness (QED) is 0.846. The van der Waals surface area contributed by atoms with Crippen LogP contribution in [0.5, 0.6) is 5.75 Å². The van der Waals surface area contributed by atoms with Crippen LogP contribution in [0.3, 0.4) is 0 Å². The van der Waals surface area contributed by atoms with Gasteiger partial charge in [-0.3, -0.25) is 9.59 Å². The fourth-order valence-corrected chi connectivity index (χ4v) is 4.24. The number of hydrogen-bond acceptors (Lipinski definition) is 6. The van der Waals surface area contributed by atoms with E-state index in [9.17, 15) is 9.59 Å². The highest BCUT2D eigenvalue weighted by atomic mass is 16.5. The molecule has 1 aromatic carbocycles. The summed E-state index contributed by atoms with van der Waals surface area (Å²) in [6.45, 7) is 1.32. The van der Waals surface area contributed by atoms with Crippen molar-refractivity contribution in [2.45, 2.75) is 44.1 Å². The number of likely N-dealkylation sites (tertiary alicyclic amines) is 1. The zero-order valence-corrected chi connectivity index (χ0v) is 15.9. The van der Waals surface area contributed by atoms with Gasteiger partial charge in [0.15, 0.2) is 0 Å². The van der Waals surface area contributed by atoms with Crippen molar-refractivity contribution in [3.8, 4) is 17.1 Å². The van der Waals surface area contributed by atoms with E-state index in [0.717, 1.165) is 31.2 Å². The van der Waals surface area contributed by atoms with Crippen LogP contribution < -0.4 is 10.1 Å². The molecule has 1 unspecified atom stereocenters. The van der Waals surface area contributed by atoms with Crippen LogP contribution in [0.1, 0.15) is 38.0 Å². The zero-order chi connectivity index (χ0) is 19.6. The topological polar surface area (TPSA) is 97.6 Å². The molecule has 2 fully saturated rings. The molecule has 2 amide bonds. The van der Waals surface area contributed by atoms with Crippen molar-refractivity contribution in [3.63, 3.8) is 0 Å². The van der Waals surface area contributed by atoms with Gasteiger partial charge in [-0.15, -0.1) is 0 Å². The van der Waals surface area contributed by atoms with E-state index in [-0.39, 0.29) is 18.2 Å². The molecule has 3 heterocycles. The van der Waals surface area contributed by atoms with Crippen LogP contribution in [-0.2, 0) is 16.0 Å². The number of benzene rings is 1. The number of rotatable bonds is 5. The van der Waals surface area contributed by atoms with Gasteiger partial charge in [0, 0.05) is 25.9 Å². The second-order valence-corrected chi connectivity index (χ2v) is 7.25. The number of aryl methyl sites for hydroxylation is 1. The Morgan fingerprint density at radius 2 is 2.14 bits per heavy atom. The summed E-state index contributed by atoms with van der Waals surface area (Å²) in [7, 11) is 1.59. The summed E-state index contributed by atoms with van der Waals surface area (Å²) in [6.07, 6.45) is 3.82. The molecule has 0 aliphatic carbocycles. The van der Waals surface area contributed by atoms with Gasteiger partial charge < -0.3 is 19.5 Å². The molecule has 8 heteroatoms. The molecule has 0 saturated carbocycles. The van der Waals surface area contributed by atoms with Crippen molar-refractivity contribution in [1.82, 2.24) is 20.4 Å². The normalized spacial score (nSPS) is 21.8. The number of hydrogen-bond donors (Lipinski definition) is 1. The van der Waals surface area contributed by atoms with E-state index in [1.165, 1.54) is 0 Å². The fraction of sp³-hybridized carbons (Fsp3) is 0.500. The lowest BCUT2D eigenvalue weighted by Gasteiger charge is -2.40. The van der Waals surface area contributed by atoms with E-state index in [1.807, 2.05) is 24.3 Å². The molecule has 4 rings (SSSR count). The van der Waals surface area contributed by atoms with Crippen LogP contribution in [0, 0.1) is 0 Å². The van der Waals surface area contributed by atoms with Crippen LogP contribution in [0.2, 0.25) is 0 Å². The van der Waals surface area contributed by atoms with E-state index in [0.29, 0.717) is 37.0 Å². The van der Waals surface area contributed by atoms with Crippen LogP contribution >= 0.6 is 0 Å². The lowest BCUT2D eigenvalue weighted by molar-refractivity contribution is -0.147. The number of piperidine rings is 1. The average molecular weight is 384 g/mol. The van der Waals surface area contributed by atoms with Crippen LogP contribution in [0.25, 0.3) is 11.4 Å². The maximum atomic E-state index is 12.9. The summed E-state index contributed by atoms with van der Waals surface area (Å²) < 4.78 is 10.7. The number of para-hydroxylation sites is 1. The number of amides is 2. The average Bonchev–Trinajstić information content (AvgIpc) is 3.36. The molecule has 2 aromatic rings. The third-order valence-electron chi connectivity index (χ3n) is 5.63. The highest BCUT2D eigenvalue weighted by molar-refractivity contribution is 5.92. The van der Waals surface area contributed by atoms with Gasteiger partial charge in [-0.25, -0.2) is 0 Å². The second-order valence-electron chi connectivity index (χ2n) is 7.25. The molecule has 28 heavy (non-hydrogen) atoms. The molecule has 2 aliphatic heterocycles. The Hall–Kier alpha value is -2.90. The third kappa shape index (κ3) is 3.23. The third-order valence-corrected chi connectivity index (χ3v) is 5.63. The molecule has 0 bridgehead atoms. The van der Waals surface area contributed by atoms with Crippen molar-refractivity contribution < 1.29 is 18.8 Å². The summed E-state index contributed by atoms with van der Waals surface area (Å²) >= 11 is 0. The number of nitrogens with one attached hydrogen (secondary N) is 1. The Morgan fingerprint density at radius 3 is 2.96 bits per heavy atom. The van der Waals surface area contributed by atoms with Gasteiger partial charge in [0.2, 0.25) is 23.5 Å². The Kier molecular flexibility index (Phi) is 5.02. The molecule has 0 radical (unpaired) electrons. The molecule has 1 spiro atoms. The smallest absolute Gasteiger partial charge is 0.245 e. The molecule has 148 valence electrons. The minimum atomic E-state index is -0.660. The van der Waals surface area contributed by atoms with Crippen LogP contribution in [-0.4, -0.2) is 52.6 Å². The van der Waals surface area contributed by atoms with E-state index in [4.69, 9.17) is 9.26 Å². The first-order valence-electron chi connectivity index (χ1n) is 9.69. The van der Waals surface area contributed by atoms with E-state index in [2.05, 4.69) is 15.5 Å². The van der Waals surface area contributed by atoms with Gasteiger partial charge >= 0.3 is 0 Å². The van der Waals surface area contributed by atoms with Crippen molar-refractivity contribution in [1.29, 1.82) is 0 Å². The van der Waals surface area contributed by atoms with E-state index in [1.54, 1.807) is 12.0 Å². The molecule has 1 N–H and O–H groups in total. The van der Waals surface area contributed by atoms with E-state index >= 15 is 0 Å². The van der Waals surface area contributed by atoms with Crippen molar-refractivity contribution in [3.05, 3.63) is 30.2 Å². The summed E-state index contributed by atoms with van der Waals surface area (Å²) in [5.41, 5.74) is 0.0796. The SMILES string of the molecule is COc1ccccc1-c1noc(CCC(=O)N2CCCC23CCCNC3=O)n1. The first-order valence-corrected chi connectivity index (χ1v) is 9.69. The molecule has 2 aliphatic rings. The minimum absolute atomic E-state index is 0.0131. The van der Waals surface area contributed by atoms with Crippen molar-refractivity contribution in [2.24, 2.45) is 0 Å². The molecule has 2 saturated heterocycles. The monoisotopic (exact) mass is 384 g/mol. The molecular weight excluding hydrogens is 360 g/mol. The van der Waals surface area contributed by atoms with Crippen LogP contribution in [0.15, 0.2) is 28.8 Å². The lowest BCUT2D eigenvalue weighted by atomic mass is 9.86. The van der Waals surface area contributed by atoms with Crippen molar-refractivity contribution >= 4 is 11.8 Å². The largest absolute Gasteiger partial charge is 0.496 e. The highest BCUT2D eigenvalue weighted by Gasteiger charge is 2.50. The number of nitrogens with zero attached hydrogens (tertiary/aromatic N) is 3. The van der Waals surface area contributed by atoms with E-state index < -0.39 is 5.54 Å². The maximum absolute atomic E-state index is 12.9. The van der Waals surface area contributed by atoms with Gasteiger partial charge in [0.1, 0.15) is 11.3 Å². The van der Waals surface area contributed by atoms with Gasteiger partial charge in [-0.2, -0.15) is 4.98 Å². The first kappa shape index (κ1) is 18.5. The Morgan fingerprint density at radius 1 is 1.32 bits per heavy atom. The predicted molar refractivity (Wildman–Crippen MR) is 101 cm³/mol. The first-order chi connectivity index (χ1) is 13.6. The lowest BCUT2D eigenvalue weighted by Crippen LogP contribution is -2.60. The second kappa shape index (κ2) is 7.61. The Labute approximate surface area is 163 Å². The summed E-state index contributed by atoms with van der Waals surface area (Å²) in [5.74, 6) is 1.44. The Bertz CT molecular complexity index is 881. The van der Waals surface area contributed by atoms with Crippen molar-refractivity contribution in [2.75, 3.05) is 20.2 Å². The van der Waals surface area contributed by atoms with Gasteiger partial charge in [-0.1, -0.05) is 17.3 Å². The highest BCUT2D eigenvalue weighted by Crippen LogP contribution is 2.36. The van der Waals surface area contributed by atoms with Gasteiger partial charge in [0.05, 0.1) is 12.7 Å². The molecule has 1 atom stereocenters. The Balaban J connectivity index is 1.43. The molecule has 1 aromatic heterocycles. The molecular formula is C20H24N4O4. The fourth-order valence-electron chi connectivity index (χ4n) is 4.24. The summed E-state index contributed by atoms with van der Waals surface area (Å²) in [5, 5.41) is 6.93. The minimum Gasteiger partial charge on any atom is -0.496 e. The summed E-state index contributed by atoms with van der Waals surface area (Å²) in [4.78, 5) is 31.5. The summed E-state index contributed by atoms with van der Waals surface area (Å²) in [6, 6.07) is 7.43. The maximum Gasteiger partial charge on any atom is 0.245 e. The van der Waals surface area contributed by atoms with Gasteiger partial charge in [0.25, 0.3) is 0 Å².